The smallest absolute Gasteiger partial charge is 0.258 e. The average molecular weight is 270 g/mol. The third kappa shape index (κ3) is 2.41. The summed E-state index contributed by atoms with van der Waals surface area (Å²) in [4.78, 5) is 8.15. The first-order valence-corrected chi connectivity index (χ1v) is 6.01. The minimum atomic E-state index is -0.408. The summed E-state index contributed by atoms with van der Waals surface area (Å²) < 4.78 is 18.0. The van der Waals surface area contributed by atoms with Crippen LogP contribution in [0.3, 0.4) is 0 Å². The molecular formula is C14H11FN4O. The van der Waals surface area contributed by atoms with E-state index in [9.17, 15) is 4.39 Å². The van der Waals surface area contributed by atoms with Crippen molar-refractivity contribution < 1.29 is 8.91 Å². The first-order valence-electron chi connectivity index (χ1n) is 6.01. The molecule has 0 aliphatic rings. The zero-order valence-electron chi connectivity index (χ0n) is 10.5. The van der Waals surface area contributed by atoms with E-state index in [1.165, 1.54) is 12.1 Å². The lowest BCUT2D eigenvalue weighted by atomic mass is 10.1. The fourth-order valence-corrected chi connectivity index (χ4v) is 1.74. The highest BCUT2D eigenvalue weighted by molar-refractivity contribution is 5.57. The molecular weight excluding hydrogens is 259 g/mol. The van der Waals surface area contributed by atoms with Crippen LogP contribution in [-0.2, 0) is 6.54 Å². The number of hydrogen-bond acceptors (Lipinski definition) is 5. The molecule has 0 bridgehead atoms. The van der Waals surface area contributed by atoms with Gasteiger partial charge < -0.3 is 10.3 Å². The second-order valence-corrected chi connectivity index (χ2v) is 4.19. The van der Waals surface area contributed by atoms with Crippen LogP contribution in [0.1, 0.15) is 5.56 Å². The van der Waals surface area contributed by atoms with Gasteiger partial charge in [-0.2, -0.15) is 4.98 Å². The second-order valence-electron chi connectivity index (χ2n) is 4.19. The van der Waals surface area contributed by atoms with E-state index in [1.54, 1.807) is 0 Å². The molecule has 5 nitrogen and oxygen atoms in total. The molecule has 6 heteroatoms. The van der Waals surface area contributed by atoms with Crippen LogP contribution < -0.4 is 5.73 Å². The average Bonchev–Trinajstić information content (AvgIpc) is 2.98. The molecule has 100 valence electrons. The van der Waals surface area contributed by atoms with Crippen LogP contribution in [0.5, 0.6) is 0 Å². The zero-order valence-corrected chi connectivity index (χ0v) is 10.5. The van der Waals surface area contributed by atoms with Gasteiger partial charge in [-0.15, -0.1) is 0 Å². The molecule has 0 unspecified atom stereocenters. The second kappa shape index (κ2) is 5.18. The van der Waals surface area contributed by atoms with Gasteiger partial charge >= 0.3 is 0 Å². The Morgan fingerprint density at radius 1 is 1.10 bits per heavy atom. The highest BCUT2D eigenvalue weighted by atomic mass is 19.1. The highest BCUT2D eigenvalue weighted by Gasteiger charge is 2.11. The van der Waals surface area contributed by atoms with Gasteiger partial charge in [0.25, 0.3) is 5.89 Å². The monoisotopic (exact) mass is 270 g/mol. The van der Waals surface area contributed by atoms with Crippen LogP contribution in [0.4, 0.5) is 4.39 Å². The minimum absolute atomic E-state index is 0.322. The fourth-order valence-electron chi connectivity index (χ4n) is 1.74. The lowest BCUT2D eigenvalue weighted by Crippen LogP contribution is -1.95. The molecule has 0 amide bonds. The predicted octanol–water partition coefficient (Wildman–Crippen LogP) is 2.40. The van der Waals surface area contributed by atoms with Gasteiger partial charge in [-0.3, -0.25) is 0 Å². The standard InChI is InChI=1S/C14H11FN4O/c15-11-5-6-12(17-8-11)13-18-14(20-19-13)10-3-1-9(7-16)2-4-10/h1-6,8H,7,16H2. The molecule has 0 radical (unpaired) electrons. The summed E-state index contributed by atoms with van der Waals surface area (Å²) in [5, 5.41) is 3.84. The van der Waals surface area contributed by atoms with Crippen LogP contribution in [0, 0.1) is 5.82 Å². The van der Waals surface area contributed by atoms with Crippen LogP contribution >= 0.6 is 0 Å². The van der Waals surface area contributed by atoms with E-state index in [2.05, 4.69) is 15.1 Å². The van der Waals surface area contributed by atoms with E-state index in [1.807, 2.05) is 24.3 Å². The molecule has 2 N–H and O–H groups in total. The van der Waals surface area contributed by atoms with E-state index in [0.717, 1.165) is 17.3 Å². The maximum atomic E-state index is 12.8. The van der Waals surface area contributed by atoms with Crippen LogP contribution in [0.2, 0.25) is 0 Å². The topological polar surface area (TPSA) is 77.8 Å². The molecule has 0 atom stereocenters. The largest absolute Gasteiger partial charge is 0.334 e. The van der Waals surface area contributed by atoms with Crippen molar-refractivity contribution in [3.8, 4) is 23.0 Å². The third-order valence-electron chi connectivity index (χ3n) is 2.82. The summed E-state index contributed by atoms with van der Waals surface area (Å²) in [5.74, 6) is 0.299. The van der Waals surface area contributed by atoms with Gasteiger partial charge in [0.15, 0.2) is 0 Å². The van der Waals surface area contributed by atoms with E-state index in [-0.39, 0.29) is 0 Å². The number of rotatable bonds is 3. The van der Waals surface area contributed by atoms with Crippen LogP contribution in [0.25, 0.3) is 23.0 Å². The molecule has 0 aliphatic carbocycles. The quantitative estimate of drug-likeness (QED) is 0.790. The number of aromatic nitrogens is 3. The van der Waals surface area contributed by atoms with Gasteiger partial charge in [0, 0.05) is 12.1 Å². The fraction of sp³-hybridized carbons (Fsp3) is 0.0714. The number of benzene rings is 1. The Hall–Kier alpha value is -2.60. The number of halogens is 1. The Balaban J connectivity index is 1.91. The molecule has 0 aliphatic heterocycles. The van der Waals surface area contributed by atoms with Gasteiger partial charge in [0.05, 0.1) is 6.20 Å². The molecule has 0 spiro atoms. The van der Waals surface area contributed by atoms with Crippen molar-refractivity contribution in [3.63, 3.8) is 0 Å². The molecule has 20 heavy (non-hydrogen) atoms. The number of nitrogens with zero attached hydrogens (tertiary/aromatic N) is 3. The van der Waals surface area contributed by atoms with Crippen molar-refractivity contribution in [3.05, 3.63) is 54.0 Å². The first-order chi connectivity index (χ1) is 9.76. The Bertz CT molecular complexity index is 707. The van der Waals surface area contributed by atoms with E-state index in [4.69, 9.17) is 10.3 Å². The predicted molar refractivity (Wildman–Crippen MR) is 70.8 cm³/mol. The van der Waals surface area contributed by atoms with Crippen molar-refractivity contribution in [1.82, 2.24) is 15.1 Å². The Morgan fingerprint density at radius 3 is 2.55 bits per heavy atom. The van der Waals surface area contributed by atoms with E-state index >= 15 is 0 Å². The number of hydrogen-bond donors (Lipinski definition) is 1. The van der Waals surface area contributed by atoms with Crippen molar-refractivity contribution >= 4 is 0 Å². The SMILES string of the molecule is NCc1ccc(-c2nc(-c3ccc(F)cn3)no2)cc1. The lowest BCUT2D eigenvalue weighted by molar-refractivity contribution is 0.432. The molecule has 0 saturated heterocycles. The third-order valence-corrected chi connectivity index (χ3v) is 2.82. The van der Waals surface area contributed by atoms with Crippen molar-refractivity contribution in [2.45, 2.75) is 6.54 Å². The maximum absolute atomic E-state index is 12.8. The summed E-state index contributed by atoms with van der Waals surface area (Å²) in [7, 11) is 0. The first kappa shape index (κ1) is 12.4. The molecule has 0 fully saturated rings. The highest BCUT2D eigenvalue weighted by Crippen LogP contribution is 2.21. The van der Waals surface area contributed by atoms with Crippen molar-refractivity contribution in [1.29, 1.82) is 0 Å². The van der Waals surface area contributed by atoms with Gasteiger partial charge in [-0.1, -0.05) is 17.3 Å². The van der Waals surface area contributed by atoms with Crippen LogP contribution in [0.15, 0.2) is 47.1 Å². The molecule has 0 saturated carbocycles. The summed E-state index contributed by atoms with van der Waals surface area (Å²) in [5.41, 5.74) is 7.82. The Labute approximate surface area is 114 Å². The Morgan fingerprint density at radius 2 is 1.90 bits per heavy atom. The minimum Gasteiger partial charge on any atom is -0.334 e. The van der Waals surface area contributed by atoms with Gasteiger partial charge in [0.2, 0.25) is 5.82 Å². The van der Waals surface area contributed by atoms with Crippen molar-refractivity contribution in [2.75, 3.05) is 0 Å². The van der Waals surface area contributed by atoms with Crippen LogP contribution in [-0.4, -0.2) is 15.1 Å². The Kier molecular flexibility index (Phi) is 3.22. The number of pyridine rings is 1. The lowest BCUT2D eigenvalue weighted by Gasteiger charge is -1.97. The summed E-state index contributed by atoms with van der Waals surface area (Å²) in [6.45, 7) is 0.481. The molecule has 3 rings (SSSR count). The summed E-state index contributed by atoms with van der Waals surface area (Å²) in [6.07, 6.45) is 1.11. The molecule has 2 heterocycles. The number of nitrogens with two attached hydrogens (primary N) is 1. The van der Waals surface area contributed by atoms with Gasteiger partial charge in [-0.05, 0) is 29.8 Å². The van der Waals surface area contributed by atoms with Crippen molar-refractivity contribution in [2.24, 2.45) is 5.73 Å². The van der Waals surface area contributed by atoms with E-state index < -0.39 is 5.82 Å². The van der Waals surface area contributed by atoms with E-state index in [0.29, 0.717) is 24.0 Å². The molecule has 3 aromatic rings. The maximum Gasteiger partial charge on any atom is 0.258 e. The molecule has 2 aromatic heterocycles. The summed E-state index contributed by atoms with van der Waals surface area (Å²) >= 11 is 0. The zero-order chi connectivity index (χ0) is 13.9. The normalized spacial score (nSPS) is 10.7. The van der Waals surface area contributed by atoms with Gasteiger partial charge in [0.1, 0.15) is 11.5 Å². The summed E-state index contributed by atoms with van der Waals surface area (Å²) in [6, 6.07) is 10.3. The van der Waals surface area contributed by atoms with Gasteiger partial charge in [-0.25, -0.2) is 9.37 Å². The molecule has 1 aromatic carbocycles.